The van der Waals surface area contributed by atoms with Gasteiger partial charge in [0, 0.05) is 19.1 Å². The predicted octanol–water partition coefficient (Wildman–Crippen LogP) is 6.33. The van der Waals surface area contributed by atoms with Gasteiger partial charge in [0.2, 0.25) is 11.8 Å². The minimum atomic E-state index is -1.04. The van der Waals surface area contributed by atoms with Gasteiger partial charge in [-0.2, -0.15) is 11.8 Å². The molecule has 7 nitrogen and oxygen atoms in total. The van der Waals surface area contributed by atoms with Crippen molar-refractivity contribution in [1.82, 2.24) is 15.5 Å². The lowest BCUT2D eigenvalue weighted by Gasteiger charge is -2.29. The Balaban J connectivity index is 1.47. The maximum absolute atomic E-state index is 13.4. The van der Waals surface area contributed by atoms with E-state index in [1.165, 1.54) is 11.1 Å². The fourth-order valence-electron chi connectivity index (χ4n) is 5.92. The maximum atomic E-state index is 13.4. The molecule has 2 atom stereocenters. The summed E-state index contributed by atoms with van der Waals surface area (Å²) in [5.41, 5.74) is 4.45. The molecule has 4 aromatic carbocycles. The van der Waals surface area contributed by atoms with E-state index in [9.17, 15) is 19.5 Å². The van der Waals surface area contributed by atoms with Gasteiger partial charge in [-0.15, -0.1) is 0 Å². The molecule has 0 heterocycles. The summed E-state index contributed by atoms with van der Waals surface area (Å²) in [4.78, 5) is 40.5. The molecule has 0 fully saturated rings. The molecule has 0 saturated carbocycles. The highest BCUT2D eigenvalue weighted by atomic mass is 32.2. The lowest BCUT2D eigenvalue weighted by Crippen LogP contribution is -2.49. The normalized spacial score (nSPS) is 12.6. The molecule has 248 valence electrons. The number of hydrogen-bond donors (Lipinski definition) is 3. The van der Waals surface area contributed by atoms with Crippen LogP contribution in [0.2, 0.25) is 0 Å². The van der Waals surface area contributed by atoms with E-state index in [0.29, 0.717) is 31.2 Å². The Labute approximate surface area is 283 Å². The van der Waals surface area contributed by atoms with Crippen LogP contribution in [0.15, 0.2) is 97.1 Å². The third kappa shape index (κ3) is 11.9. The van der Waals surface area contributed by atoms with Gasteiger partial charge >= 0.3 is 5.97 Å². The number of fused-ring (bicyclic) bond motifs is 1. The first-order valence-corrected chi connectivity index (χ1v) is 17.7. The molecule has 2 amide bonds. The highest BCUT2D eigenvalue weighted by Gasteiger charge is 2.24. The topological polar surface area (TPSA) is 98.7 Å². The average molecular weight is 654 g/mol. The molecule has 2 unspecified atom stereocenters. The summed E-state index contributed by atoms with van der Waals surface area (Å²) in [5, 5.41) is 17.9. The number of nitrogens with zero attached hydrogens (tertiary/aromatic N) is 1. The number of carboxylic acid groups (broad SMARTS) is 1. The van der Waals surface area contributed by atoms with Crippen molar-refractivity contribution in [2.45, 2.75) is 58.2 Å². The molecule has 0 aliphatic carbocycles. The zero-order valence-electron chi connectivity index (χ0n) is 27.7. The van der Waals surface area contributed by atoms with Crippen LogP contribution in [0, 0.1) is 5.92 Å². The first-order valence-electron chi connectivity index (χ1n) is 16.3. The first kappa shape index (κ1) is 35.7. The minimum Gasteiger partial charge on any atom is -0.480 e. The van der Waals surface area contributed by atoms with Gasteiger partial charge < -0.3 is 15.7 Å². The Bertz CT molecular complexity index is 1590. The average Bonchev–Trinajstić information content (AvgIpc) is 3.04. The molecule has 0 saturated heterocycles. The molecule has 4 rings (SSSR count). The number of carboxylic acids is 1. The number of thioether (sulfide) groups is 1. The summed E-state index contributed by atoms with van der Waals surface area (Å²) in [5.74, 6) is -0.498. The highest BCUT2D eigenvalue weighted by molar-refractivity contribution is 7.98. The molecule has 0 aliphatic rings. The van der Waals surface area contributed by atoms with Gasteiger partial charge in [-0.1, -0.05) is 111 Å². The van der Waals surface area contributed by atoms with Crippen LogP contribution < -0.4 is 10.6 Å². The van der Waals surface area contributed by atoms with Gasteiger partial charge in [0.25, 0.3) is 0 Å². The number of carbonyl (C=O) groups excluding carboxylic acids is 2. The van der Waals surface area contributed by atoms with Crippen LogP contribution in [-0.2, 0) is 33.8 Å². The van der Waals surface area contributed by atoms with Gasteiger partial charge in [0.15, 0.2) is 0 Å². The third-order valence-electron chi connectivity index (χ3n) is 8.12. The van der Waals surface area contributed by atoms with E-state index in [-0.39, 0.29) is 30.8 Å². The number of hydrogen-bond acceptors (Lipinski definition) is 5. The largest absolute Gasteiger partial charge is 0.480 e. The molecule has 47 heavy (non-hydrogen) atoms. The number of amides is 2. The minimum absolute atomic E-state index is 0.0135. The van der Waals surface area contributed by atoms with Crippen LogP contribution in [0.4, 0.5) is 0 Å². The second-order valence-corrected chi connectivity index (χ2v) is 13.6. The molecule has 0 radical (unpaired) electrons. The van der Waals surface area contributed by atoms with Crippen LogP contribution in [-0.4, -0.2) is 65.0 Å². The van der Waals surface area contributed by atoms with Crippen molar-refractivity contribution in [1.29, 1.82) is 0 Å². The van der Waals surface area contributed by atoms with Gasteiger partial charge in [0.05, 0.1) is 13.0 Å². The standard InChI is InChI=1S/C39H47N3O4S/c1-28(2)22-34(40-37(43)24-31-18-16-30(17-19-31)23-29-10-5-4-6-11-29)26-42(27-38(44)41-36(39(45)46)20-21-47-3)25-33-14-9-13-32-12-7-8-15-35(32)33/h4-19,28,34,36H,20-27H2,1-3H3,(H,40,43)(H,41,44)(H,45,46). The highest BCUT2D eigenvalue weighted by Crippen LogP contribution is 2.21. The van der Waals surface area contributed by atoms with Crippen LogP contribution in [0.25, 0.3) is 10.8 Å². The van der Waals surface area contributed by atoms with E-state index < -0.39 is 12.0 Å². The molecule has 0 bridgehead atoms. The number of nitrogens with one attached hydrogen (secondary N) is 2. The fourth-order valence-corrected chi connectivity index (χ4v) is 6.39. The molecule has 4 aromatic rings. The van der Waals surface area contributed by atoms with Gasteiger partial charge in [-0.3, -0.25) is 14.5 Å². The summed E-state index contributed by atoms with van der Waals surface area (Å²) in [6.07, 6.45) is 4.11. The van der Waals surface area contributed by atoms with Gasteiger partial charge in [-0.05, 0) is 70.2 Å². The van der Waals surface area contributed by atoms with Crippen molar-refractivity contribution in [3.63, 3.8) is 0 Å². The number of aliphatic carboxylic acids is 1. The van der Waals surface area contributed by atoms with Crippen molar-refractivity contribution < 1.29 is 19.5 Å². The maximum Gasteiger partial charge on any atom is 0.326 e. The fraction of sp³-hybridized carbons (Fsp3) is 0.359. The SMILES string of the molecule is CSCCC(NC(=O)CN(Cc1cccc2ccccc12)CC(CC(C)C)NC(=O)Cc1ccc(Cc2ccccc2)cc1)C(=O)O. The van der Waals surface area contributed by atoms with E-state index in [1.54, 1.807) is 11.8 Å². The summed E-state index contributed by atoms with van der Waals surface area (Å²) in [6.45, 7) is 5.18. The Kier molecular flexibility index (Phi) is 13.9. The molecule has 8 heteroatoms. The smallest absolute Gasteiger partial charge is 0.326 e. The lowest BCUT2D eigenvalue weighted by atomic mass is 10.0. The predicted molar refractivity (Wildman–Crippen MR) is 193 cm³/mol. The molecular formula is C39H47N3O4S. The summed E-state index contributed by atoms with van der Waals surface area (Å²) < 4.78 is 0. The Morgan fingerprint density at radius 2 is 1.45 bits per heavy atom. The van der Waals surface area contributed by atoms with E-state index in [4.69, 9.17) is 0 Å². The van der Waals surface area contributed by atoms with Crippen LogP contribution in [0.1, 0.15) is 48.9 Å². The summed E-state index contributed by atoms with van der Waals surface area (Å²) in [7, 11) is 0. The Hall–Kier alpha value is -4.14. The zero-order valence-corrected chi connectivity index (χ0v) is 28.5. The van der Waals surface area contributed by atoms with Crippen molar-refractivity contribution in [3.8, 4) is 0 Å². The molecular weight excluding hydrogens is 607 g/mol. The van der Waals surface area contributed by atoms with Crippen LogP contribution >= 0.6 is 11.8 Å². The van der Waals surface area contributed by atoms with Crippen molar-refractivity contribution in [2.75, 3.05) is 25.1 Å². The van der Waals surface area contributed by atoms with E-state index in [0.717, 1.165) is 34.7 Å². The second-order valence-electron chi connectivity index (χ2n) is 12.6. The third-order valence-corrected chi connectivity index (χ3v) is 8.77. The lowest BCUT2D eigenvalue weighted by molar-refractivity contribution is -0.142. The monoisotopic (exact) mass is 653 g/mol. The molecule has 3 N–H and O–H groups in total. The van der Waals surface area contributed by atoms with Crippen LogP contribution in [0.5, 0.6) is 0 Å². The Morgan fingerprint density at radius 3 is 2.15 bits per heavy atom. The van der Waals surface area contributed by atoms with E-state index in [2.05, 4.69) is 73.0 Å². The summed E-state index contributed by atoms with van der Waals surface area (Å²) >= 11 is 1.55. The van der Waals surface area contributed by atoms with E-state index >= 15 is 0 Å². The van der Waals surface area contributed by atoms with Crippen molar-refractivity contribution in [2.24, 2.45) is 5.92 Å². The number of rotatable bonds is 18. The number of benzene rings is 4. The second kappa shape index (κ2) is 18.3. The first-order chi connectivity index (χ1) is 22.7. The zero-order chi connectivity index (χ0) is 33.6. The molecule has 0 spiro atoms. The van der Waals surface area contributed by atoms with Crippen molar-refractivity contribution >= 4 is 40.3 Å². The van der Waals surface area contributed by atoms with Crippen molar-refractivity contribution in [3.05, 3.63) is 119 Å². The van der Waals surface area contributed by atoms with Crippen LogP contribution in [0.3, 0.4) is 0 Å². The number of carbonyl (C=O) groups is 3. The molecule has 0 aliphatic heterocycles. The quantitative estimate of drug-likeness (QED) is 0.116. The van der Waals surface area contributed by atoms with Gasteiger partial charge in [0.1, 0.15) is 6.04 Å². The Morgan fingerprint density at radius 1 is 0.787 bits per heavy atom. The summed E-state index contributed by atoms with van der Waals surface area (Å²) in [6, 6.07) is 31.6. The molecule has 0 aromatic heterocycles. The van der Waals surface area contributed by atoms with Gasteiger partial charge in [-0.25, -0.2) is 4.79 Å². The van der Waals surface area contributed by atoms with E-state index in [1.807, 2.05) is 59.7 Å².